The van der Waals surface area contributed by atoms with Crippen LogP contribution < -0.4 is 9.64 Å². The number of rotatable bonds is 6. The molecule has 1 amide bonds. The van der Waals surface area contributed by atoms with Crippen LogP contribution in [0, 0.1) is 6.92 Å². The van der Waals surface area contributed by atoms with Crippen LogP contribution in [0.25, 0.3) is 6.08 Å². The molecule has 1 aliphatic rings. The number of anilines is 1. The number of benzene rings is 2. The fourth-order valence-electron chi connectivity index (χ4n) is 3.28. The normalized spacial score (nSPS) is 15.2. The minimum Gasteiger partial charge on any atom is -0.494 e. The van der Waals surface area contributed by atoms with Crippen LogP contribution in [0.15, 0.2) is 65.4 Å². The van der Waals surface area contributed by atoms with Crippen molar-refractivity contribution in [2.24, 2.45) is 0 Å². The van der Waals surface area contributed by atoms with Gasteiger partial charge in [0.05, 0.1) is 24.4 Å². The van der Waals surface area contributed by atoms with Crippen molar-refractivity contribution in [3.05, 3.63) is 76.5 Å². The van der Waals surface area contributed by atoms with Crippen LogP contribution in [0.2, 0.25) is 0 Å². The largest absolute Gasteiger partial charge is 0.494 e. The Bertz CT molecular complexity index is 969. The Morgan fingerprint density at radius 2 is 1.62 bits per heavy atom. The molecule has 0 N–H and O–H groups in total. The minimum absolute atomic E-state index is 0.241. The second-order valence-electron chi connectivity index (χ2n) is 6.72. The van der Waals surface area contributed by atoms with Gasteiger partial charge in [0.2, 0.25) is 0 Å². The smallest absolute Gasteiger partial charge is 0.340 e. The van der Waals surface area contributed by atoms with E-state index in [-0.39, 0.29) is 12.5 Å². The first-order chi connectivity index (χ1) is 14.0. The van der Waals surface area contributed by atoms with Crippen molar-refractivity contribution in [3.63, 3.8) is 0 Å². The second-order valence-corrected chi connectivity index (χ2v) is 6.72. The molecule has 0 atom stereocenters. The van der Waals surface area contributed by atoms with E-state index in [4.69, 9.17) is 9.47 Å². The van der Waals surface area contributed by atoms with E-state index in [9.17, 15) is 9.59 Å². The molecule has 0 fully saturated rings. The minimum atomic E-state index is -0.495. The molecule has 0 bridgehead atoms. The van der Waals surface area contributed by atoms with Gasteiger partial charge in [0.1, 0.15) is 5.75 Å². The molecule has 0 saturated heterocycles. The Morgan fingerprint density at radius 1 is 0.966 bits per heavy atom. The van der Waals surface area contributed by atoms with Crippen LogP contribution in [-0.2, 0) is 14.3 Å². The van der Waals surface area contributed by atoms with E-state index in [2.05, 4.69) is 0 Å². The highest BCUT2D eigenvalue weighted by Crippen LogP contribution is 2.35. The van der Waals surface area contributed by atoms with Gasteiger partial charge in [-0.2, -0.15) is 0 Å². The third-order valence-corrected chi connectivity index (χ3v) is 4.67. The van der Waals surface area contributed by atoms with E-state index < -0.39 is 5.97 Å². The fourth-order valence-corrected chi connectivity index (χ4v) is 3.28. The number of ether oxygens (including phenoxy) is 2. The number of carbonyl (C=O) groups is 2. The first-order valence-corrected chi connectivity index (χ1v) is 9.70. The van der Waals surface area contributed by atoms with Gasteiger partial charge in [-0.3, -0.25) is 9.69 Å². The van der Waals surface area contributed by atoms with E-state index in [1.807, 2.05) is 62.4 Å². The maximum atomic E-state index is 13.3. The highest BCUT2D eigenvalue weighted by molar-refractivity contribution is 6.23. The van der Waals surface area contributed by atoms with Gasteiger partial charge in [0, 0.05) is 11.4 Å². The van der Waals surface area contributed by atoms with Gasteiger partial charge in [-0.1, -0.05) is 29.8 Å². The average Bonchev–Trinajstić information content (AvgIpc) is 2.94. The molecule has 0 aliphatic carbocycles. The first-order valence-electron chi connectivity index (χ1n) is 9.70. The van der Waals surface area contributed by atoms with E-state index in [0.717, 1.165) is 22.6 Å². The molecular formula is C24H25NO4. The number of nitrogens with zero attached hydrogens (tertiary/aromatic N) is 1. The van der Waals surface area contributed by atoms with Gasteiger partial charge in [0.25, 0.3) is 5.91 Å². The molecule has 29 heavy (non-hydrogen) atoms. The van der Waals surface area contributed by atoms with Crippen LogP contribution in [-0.4, -0.2) is 25.1 Å². The molecule has 0 spiro atoms. The van der Waals surface area contributed by atoms with Crippen molar-refractivity contribution in [2.75, 3.05) is 18.1 Å². The average molecular weight is 391 g/mol. The Morgan fingerprint density at radius 3 is 2.21 bits per heavy atom. The molecule has 5 nitrogen and oxygen atoms in total. The molecule has 5 heteroatoms. The Hall–Kier alpha value is -3.34. The predicted octanol–water partition coefficient (Wildman–Crippen LogP) is 4.66. The maximum Gasteiger partial charge on any atom is 0.340 e. The summed E-state index contributed by atoms with van der Waals surface area (Å²) in [6.07, 6.45) is 1.72. The molecule has 0 unspecified atom stereocenters. The third-order valence-electron chi connectivity index (χ3n) is 4.67. The van der Waals surface area contributed by atoms with Gasteiger partial charge in [-0.05, 0) is 63.6 Å². The zero-order valence-corrected chi connectivity index (χ0v) is 17.2. The fraction of sp³-hybridized carbons (Fsp3) is 0.250. The summed E-state index contributed by atoms with van der Waals surface area (Å²) in [4.78, 5) is 27.5. The summed E-state index contributed by atoms with van der Waals surface area (Å²) < 4.78 is 10.7. The van der Waals surface area contributed by atoms with Crippen LogP contribution in [0.3, 0.4) is 0 Å². The molecule has 0 radical (unpaired) electrons. The number of hydrogen-bond acceptors (Lipinski definition) is 4. The number of carbonyl (C=O) groups excluding carboxylic acids is 2. The summed E-state index contributed by atoms with van der Waals surface area (Å²) in [6.45, 7) is 8.25. The molecule has 0 saturated carbocycles. The van der Waals surface area contributed by atoms with Crippen LogP contribution in [0.5, 0.6) is 5.75 Å². The summed E-state index contributed by atoms with van der Waals surface area (Å²) in [5.74, 6) is 0.0134. The summed E-state index contributed by atoms with van der Waals surface area (Å²) in [5, 5.41) is 0. The van der Waals surface area contributed by atoms with E-state index in [1.165, 1.54) is 0 Å². The van der Waals surface area contributed by atoms with E-state index in [0.29, 0.717) is 23.5 Å². The summed E-state index contributed by atoms with van der Waals surface area (Å²) >= 11 is 0. The van der Waals surface area contributed by atoms with Crippen molar-refractivity contribution in [1.82, 2.24) is 0 Å². The van der Waals surface area contributed by atoms with Gasteiger partial charge >= 0.3 is 5.97 Å². The molecule has 0 aromatic heterocycles. The molecule has 2 aromatic carbocycles. The molecule has 150 valence electrons. The Kier molecular flexibility index (Phi) is 6.17. The number of allylic oxidation sites excluding steroid dienone is 1. The third kappa shape index (κ3) is 4.24. The first kappa shape index (κ1) is 20.4. The van der Waals surface area contributed by atoms with Gasteiger partial charge < -0.3 is 9.47 Å². The van der Waals surface area contributed by atoms with E-state index in [1.54, 1.807) is 24.8 Å². The lowest BCUT2D eigenvalue weighted by atomic mass is 10.0. The molecule has 1 heterocycles. The SMILES string of the molecule is CCOC(=O)C1=C(C)N(c2ccc(C)cc2)C(=O)C1=Cc1ccc(OCC)cc1. The standard InChI is InChI=1S/C24H25NO4/c1-5-28-20-13-9-18(10-14-20)15-21-22(24(27)29-6-2)17(4)25(23(21)26)19-11-7-16(3)8-12-19/h7-15H,5-6H2,1-4H3. The topological polar surface area (TPSA) is 55.8 Å². The number of esters is 1. The lowest BCUT2D eigenvalue weighted by Gasteiger charge is -2.18. The highest BCUT2D eigenvalue weighted by Gasteiger charge is 2.38. The van der Waals surface area contributed by atoms with Gasteiger partial charge in [0.15, 0.2) is 0 Å². The Labute approximate surface area is 171 Å². The molecule has 2 aromatic rings. The predicted molar refractivity (Wildman–Crippen MR) is 114 cm³/mol. The summed E-state index contributed by atoms with van der Waals surface area (Å²) in [7, 11) is 0. The van der Waals surface area contributed by atoms with E-state index >= 15 is 0 Å². The van der Waals surface area contributed by atoms with Crippen molar-refractivity contribution in [1.29, 1.82) is 0 Å². The van der Waals surface area contributed by atoms with Crippen LogP contribution in [0.1, 0.15) is 31.9 Å². The number of aryl methyl sites for hydroxylation is 1. The zero-order chi connectivity index (χ0) is 21.0. The lowest BCUT2D eigenvalue weighted by molar-refractivity contribution is -0.138. The second kappa shape index (κ2) is 8.78. The monoisotopic (exact) mass is 391 g/mol. The Balaban J connectivity index is 2.05. The van der Waals surface area contributed by atoms with Crippen molar-refractivity contribution < 1.29 is 19.1 Å². The molecule has 1 aliphatic heterocycles. The summed E-state index contributed by atoms with van der Waals surface area (Å²) in [5.41, 5.74) is 3.80. The number of amides is 1. The highest BCUT2D eigenvalue weighted by atomic mass is 16.5. The quantitative estimate of drug-likeness (QED) is 0.531. The van der Waals surface area contributed by atoms with Crippen LogP contribution >= 0.6 is 0 Å². The van der Waals surface area contributed by atoms with Crippen molar-refractivity contribution >= 4 is 23.6 Å². The molecular weight excluding hydrogens is 366 g/mol. The van der Waals surface area contributed by atoms with Crippen LogP contribution in [0.4, 0.5) is 5.69 Å². The lowest BCUT2D eigenvalue weighted by Crippen LogP contribution is -2.24. The zero-order valence-electron chi connectivity index (χ0n) is 17.2. The van der Waals surface area contributed by atoms with Crippen molar-refractivity contribution in [2.45, 2.75) is 27.7 Å². The van der Waals surface area contributed by atoms with Gasteiger partial charge in [-0.25, -0.2) is 4.79 Å². The number of hydrogen-bond donors (Lipinski definition) is 0. The summed E-state index contributed by atoms with van der Waals surface area (Å²) in [6, 6.07) is 15.0. The van der Waals surface area contributed by atoms with Crippen molar-refractivity contribution in [3.8, 4) is 5.75 Å². The van der Waals surface area contributed by atoms with Gasteiger partial charge in [-0.15, -0.1) is 0 Å². The maximum absolute atomic E-state index is 13.3. The molecule has 3 rings (SSSR count).